The van der Waals surface area contributed by atoms with Gasteiger partial charge in [-0.1, -0.05) is 26.8 Å². The Labute approximate surface area is 145 Å². The number of rotatable bonds is 0. The van der Waals surface area contributed by atoms with Crippen molar-refractivity contribution >= 4 is 6.09 Å². The smallest absolute Gasteiger partial charge is 0.410 e. The van der Waals surface area contributed by atoms with Crippen molar-refractivity contribution in [2.45, 2.75) is 66.0 Å². The maximum atomic E-state index is 12.7. The van der Waals surface area contributed by atoms with E-state index in [4.69, 9.17) is 10.00 Å². The van der Waals surface area contributed by atoms with Crippen molar-refractivity contribution in [3.63, 3.8) is 0 Å². The highest BCUT2D eigenvalue weighted by Gasteiger charge is 2.37. The molecule has 0 aromatic heterocycles. The van der Waals surface area contributed by atoms with Crippen molar-refractivity contribution < 1.29 is 9.53 Å². The van der Waals surface area contributed by atoms with E-state index in [2.05, 4.69) is 26.8 Å². The summed E-state index contributed by atoms with van der Waals surface area (Å²) < 4.78 is 5.64. The van der Waals surface area contributed by atoms with Crippen LogP contribution in [0.5, 0.6) is 0 Å². The minimum absolute atomic E-state index is 0.0301. The van der Waals surface area contributed by atoms with Crippen molar-refractivity contribution in [1.82, 2.24) is 4.90 Å². The summed E-state index contributed by atoms with van der Waals surface area (Å²) in [6.45, 7) is 12.8. The molecule has 24 heavy (non-hydrogen) atoms. The molecule has 0 bridgehead atoms. The quantitative estimate of drug-likeness (QED) is 0.713. The molecule has 1 amide bonds. The van der Waals surface area contributed by atoms with Crippen LogP contribution in [0.25, 0.3) is 0 Å². The summed E-state index contributed by atoms with van der Waals surface area (Å²) in [5.74, 6) is 0. The van der Waals surface area contributed by atoms with Gasteiger partial charge in [-0.2, -0.15) is 5.26 Å². The van der Waals surface area contributed by atoms with E-state index in [0.29, 0.717) is 12.1 Å². The third-order valence-electron chi connectivity index (χ3n) is 4.37. The Morgan fingerprint density at radius 2 is 1.88 bits per heavy atom. The van der Waals surface area contributed by atoms with E-state index in [0.717, 1.165) is 12.8 Å². The average Bonchev–Trinajstić information content (AvgIpc) is 2.63. The molecular weight excluding hydrogens is 300 g/mol. The zero-order valence-electron chi connectivity index (χ0n) is 15.6. The van der Waals surface area contributed by atoms with Crippen molar-refractivity contribution in [3.8, 4) is 6.07 Å². The van der Waals surface area contributed by atoms with Crippen LogP contribution in [0.1, 0.15) is 58.2 Å². The SMILES string of the molecule is CC(C)(C)OC(=O)N1CCc2ccc(C#N)cc2CC1C(C)(C)C. The van der Waals surface area contributed by atoms with Crippen LogP contribution in [0.3, 0.4) is 0 Å². The fourth-order valence-electron chi connectivity index (χ4n) is 3.16. The van der Waals surface area contributed by atoms with Gasteiger partial charge in [-0.05, 0) is 62.3 Å². The zero-order chi connectivity index (χ0) is 18.1. The van der Waals surface area contributed by atoms with E-state index < -0.39 is 5.60 Å². The molecule has 0 aliphatic carbocycles. The largest absolute Gasteiger partial charge is 0.444 e. The third-order valence-corrected chi connectivity index (χ3v) is 4.37. The lowest BCUT2D eigenvalue weighted by molar-refractivity contribution is 0.00354. The van der Waals surface area contributed by atoms with E-state index in [1.807, 2.05) is 43.9 Å². The molecule has 1 aliphatic rings. The molecule has 0 spiro atoms. The number of nitrogens with zero attached hydrogens (tertiary/aromatic N) is 2. The third kappa shape index (κ3) is 4.29. The van der Waals surface area contributed by atoms with E-state index in [-0.39, 0.29) is 17.6 Å². The van der Waals surface area contributed by atoms with Gasteiger partial charge < -0.3 is 9.64 Å². The topological polar surface area (TPSA) is 53.3 Å². The number of hydrogen-bond acceptors (Lipinski definition) is 3. The van der Waals surface area contributed by atoms with Gasteiger partial charge in [0.25, 0.3) is 0 Å². The van der Waals surface area contributed by atoms with E-state index in [1.54, 1.807) is 0 Å². The number of nitriles is 1. The number of fused-ring (bicyclic) bond motifs is 1. The number of amides is 1. The molecule has 1 unspecified atom stereocenters. The normalized spacial score (nSPS) is 18.4. The van der Waals surface area contributed by atoms with Gasteiger partial charge in [0, 0.05) is 12.6 Å². The molecule has 0 fully saturated rings. The van der Waals surface area contributed by atoms with Gasteiger partial charge in [-0.3, -0.25) is 0 Å². The Morgan fingerprint density at radius 3 is 2.42 bits per heavy atom. The fourth-order valence-corrected chi connectivity index (χ4v) is 3.16. The first-order valence-electron chi connectivity index (χ1n) is 8.53. The number of carbonyl (C=O) groups excluding carboxylic acids is 1. The number of benzene rings is 1. The van der Waals surface area contributed by atoms with Gasteiger partial charge >= 0.3 is 6.09 Å². The lowest BCUT2D eigenvalue weighted by Crippen LogP contribution is -2.50. The second-order valence-electron chi connectivity index (χ2n) is 8.60. The first-order chi connectivity index (χ1) is 11.0. The highest BCUT2D eigenvalue weighted by atomic mass is 16.6. The minimum atomic E-state index is -0.507. The van der Waals surface area contributed by atoms with Crippen LogP contribution in [0.15, 0.2) is 18.2 Å². The van der Waals surface area contributed by atoms with Crippen LogP contribution < -0.4 is 0 Å². The first kappa shape index (κ1) is 18.3. The molecule has 1 aliphatic heterocycles. The molecule has 0 N–H and O–H groups in total. The van der Waals surface area contributed by atoms with Gasteiger partial charge in [-0.25, -0.2) is 4.79 Å². The van der Waals surface area contributed by atoms with Crippen molar-refractivity contribution in [3.05, 3.63) is 34.9 Å². The summed E-state index contributed by atoms with van der Waals surface area (Å²) in [6.07, 6.45) is 1.27. The van der Waals surface area contributed by atoms with E-state index >= 15 is 0 Å². The summed E-state index contributed by atoms with van der Waals surface area (Å²) in [6, 6.07) is 8.08. The Balaban J connectivity index is 2.37. The lowest BCUT2D eigenvalue weighted by Gasteiger charge is -2.39. The Hall–Kier alpha value is -2.02. The molecule has 130 valence electrons. The molecule has 1 atom stereocenters. The molecule has 1 heterocycles. The number of carbonyl (C=O) groups is 1. The predicted octanol–water partition coefficient (Wildman–Crippen LogP) is 4.31. The standard InChI is InChI=1S/C20H28N2O2/c1-19(2,3)17-12-16-11-14(13-21)7-8-15(16)9-10-22(17)18(23)24-20(4,5)6/h7-8,11,17H,9-10,12H2,1-6H3. The molecule has 2 rings (SSSR count). The fraction of sp³-hybridized carbons (Fsp3) is 0.600. The van der Waals surface area contributed by atoms with Crippen molar-refractivity contribution in [2.75, 3.05) is 6.54 Å². The average molecular weight is 328 g/mol. The van der Waals surface area contributed by atoms with Crippen LogP contribution in [-0.4, -0.2) is 29.2 Å². The van der Waals surface area contributed by atoms with Crippen LogP contribution in [0.4, 0.5) is 4.79 Å². The predicted molar refractivity (Wildman–Crippen MR) is 94.7 cm³/mol. The van der Waals surface area contributed by atoms with Crippen LogP contribution in [0, 0.1) is 16.7 Å². The van der Waals surface area contributed by atoms with Gasteiger partial charge in [0.2, 0.25) is 0 Å². The van der Waals surface area contributed by atoms with E-state index in [9.17, 15) is 4.79 Å². The summed E-state index contributed by atoms with van der Waals surface area (Å²) in [5.41, 5.74) is 2.47. The van der Waals surface area contributed by atoms with Crippen LogP contribution in [-0.2, 0) is 17.6 Å². The second-order valence-corrected chi connectivity index (χ2v) is 8.60. The second kappa shape index (κ2) is 6.47. The highest BCUT2D eigenvalue weighted by Crippen LogP contribution is 2.32. The Kier molecular flexibility index (Phi) is 4.94. The van der Waals surface area contributed by atoms with Gasteiger partial charge in [0.15, 0.2) is 0 Å². The van der Waals surface area contributed by atoms with Gasteiger partial charge in [-0.15, -0.1) is 0 Å². The maximum absolute atomic E-state index is 12.7. The highest BCUT2D eigenvalue weighted by molar-refractivity contribution is 5.69. The van der Waals surface area contributed by atoms with Gasteiger partial charge in [0.05, 0.1) is 11.6 Å². The molecule has 4 nitrogen and oxygen atoms in total. The molecule has 1 aromatic carbocycles. The van der Waals surface area contributed by atoms with Crippen LogP contribution >= 0.6 is 0 Å². The van der Waals surface area contributed by atoms with Crippen molar-refractivity contribution in [1.29, 1.82) is 5.26 Å². The van der Waals surface area contributed by atoms with E-state index in [1.165, 1.54) is 11.1 Å². The number of ether oxygens (including phenoxy) is 1. The number of hydrogen-bond donors (Lipinski definition) is 0. The summed E-state index contributed by atoms with van der Waals surface area (Å²) in [7, 11) is 0. The first-order valence-corrected chi connectivity index (χ1v) is 8.53. The zero-order valence-corrected chi connectivity index (χ0v) is 15.6. The summed E-state index contributed by atoms with van der Waals surface area (Å²) >= 11 is 0. The maximum Gasteiger partial charge on any atom is 0.410 e. The molecule has 0 radical (unpaired) electrons. The molecule has 4 heteroatoms. The molecule has 0 saturated heterocycles. The molecule has 1 aromatic rings. The monoisotopic (exact) mass is 328 g/mol. The summed E-state index contributed by atoms with van der Waals surface area (Å²) in [5, 5.41) is 9.17. The molecule has 0 saturated carbocycles. The Bertz CT molecular complexity index is 660. The Morgan fingerprint density at radius 1 is 1.21 bits per heavy atom. The minimum Gasteiger partial charge on any atom is -0.444 e. The van der Waals surface area contributed by atoms with Crippen molar-refractivity contribution in [2.24, 2.45) is 5.41 Å². The summed E-state index contributed by atoms with van der Waals surface area (Å²) in [4.78, 5) is 14.6. The van der Waals surface area contributed by atoms with Gasteiger partial charge in [0.1, 0.15) is 5.60 Å². The van der Waals surface area contributed by atoms with Crippen LogP contribution in [0.2, 0.25) is 0 Å². The lowest BCUT2D eigenvalue weighted by atomic mass is 9.82. The molecular formula is C20H28N2O2.